The molecule has 2 rings (SSSR count). The van der Waals surface area contributed by atoms with E-state index >= 15 is 0 Å². The van der Waals surface area contributed by atoms with Gasteiger partial charge < -0.3 is 14.9 Å². The zero-order chi connectivity index (χ0) is 15.3. The normalized spacial score (nSPS) is 24.4. The Morgan fingerprint density at radius 1 is 1.29 bits per heavy atom. The first-order valence-electron chi connectivity index (χ1n) is 8.05. The predicted molar refractivity (Wildman–Crippen MR) is 85.4 cm³/mol. The van der Waals surface area contributed by atoms with Gasteiger partial charge in [-0.2, -0.15) is 5.10 Å². The fraction of sp³-hybridized carbons (Fsp3) is 0.812. The van der Waals surface area contributed by atoms with Crippen molar-refractivity contribution in [3.8, 4) is 0 Å². The number of aromatic nitrogens is 2. The van der Waals surface area contributed by atoms with Crippen LogP contribution >= 0.6 is 0 Å². The van der Waals surface area contributed by atoms with Crippen LogP contribution in [-0.4, -0.2) is 70.6 Å². The maximum atomic E-state index is 10.7. The quantitative estimate of drug-likeness (QED) is 0.860. The van der Waals surface area contributed by atoms with Crippen LogP contribution in [0.15, 0.2) is 12.4 Å². The van der Waals surface area contributed by atoms with Gasteiger partial charge in [0, 0.05) is 25.8 Å². The highest BCUT2D eigenvalue weighted by atomic mass is 16.3. The summed E-state index contributed by atoms with van der Waals surface area (Å²) in [6, 6.07) is 0. The smallest absolute Gasteiger partial charge is 0.0786 e. The predicted octanol–water partition coefficient (Wildman–Crippen LogP) is 1.36. The van der Waals surface area contributed by atoms with Crippen LogP contribution < -0.4 is 0 Å². The first-order valence-corrected chi connectivity index (χ1v) is 8.05. The summed E-state index contributed by atoms with van der Waals surface area (Å²) >= 11 is 0. The number of hydrogen-bond acceptors (Lipinski definition) is 4. The number of likely N-dealkylation sites (N-methyl/N-ethyl adjacent to an activating group) is 1. The highest BCUT2D eigenvalue weighted by Gasteiger charge is 2.30. The molecule has 5 nitrogen and oxygen atoms in total. The lowest BCUT2D eigenvalue weighted by Gasteiger charge is -2.30. The summed E-state index contributed by atoms with van der Waals surface area (Å²) in [5.74, 6) is 0. The summed E-state index contributed by atoms with van der Waals surface area (Å²) in [4.78, 5) is 4.58. The Hall–Kier alpha value is -0.910. The molecule has 1 aromatic heterocycles. The molecular weight excluding hydrogens is 264 g/mol. The summed E-state index contributed by atoms with van der Waals surface area (Å²) in [7, 11) is 4.07. The molecule has 1 atom stereocenters. The first kappa shape index (κ1) is 16.5. The van der Waals surface area contributed by atoms with Crippen molar-refractivity contribution in [2.75, 3.05) is 40.3 Å². The average Bonchev–Trinajstić information content (AvgIpc) is 2.71. The lowest BCUT2D eigenvalue weighted by molar-refractivity contribution is 0.00271. The van der Waals surface area contributed by atoms with Crippen molar-refractivity contribution in [3.63, 3.8) is 0 Å². The second-order valence-corrected chi connectivity index (χ2v) is 6.79. The number of nitrogens with zero attached hydrogens (tertiary/aromatic N) is 4. The second-order valence-electron chi connectivity index (χ2n) is 6.79. The minimum Gasteiger partial charge on any atom is -0.389 e. The summed E-state index contributed by atoms with van der Waals surface area (Å²) in [6.07, 6.45) is 8.01. The standard InChI is InChI=1S/C16H30N4O/c1-15-12-17-20(13-15)10-5-9-19-8-4-6-16(21,7-11-19)14-18(2)3/h12-13,21H,4-11,14H2,1-3H3. The third-order valence-corrected chi connectivity index (χ3v) is 4.24. The van der Waals surface area contributed by atoms with Gasteiger partial charge >= 0.3 is 0 Å². The molecule has 21 heavy (non-hydrogen) atoms. The van der Waals surface area contributed by atoms with E-state index in [1.54, 1.807) is 0 Å². The molecule has 1 unspecified atom stereocenters. The molecule has 0 saturated carbocycles. The zero-order valence-corrected chi connectivity index (χ0v) is 13.8. The van der Waals surface area contributed by atoms with E-state index in [1.165, 1.54) is 5.56 Å². The molecular formula is C16H30N4O. The Bertz CT molecular complexity index is 432. The lowest BCUT2D eigenvalue weighted by atomic mass is 9.94. The zero-order valence-electron chi connectivity index (χ0n) is 13.8. The van der Waals surface area contributed by atoms with E-state index in [4.69, 9.17) is 0 Å². The van der Waals surface area contributed by atoms with Crippen molar-refractivity contribution in [1.29, 1.82) is 0 Å². The molecule has 0 spiro atoms. The van der Waals surface area contributed by atoms with Crippen molar-refractivity contribution in [3.05, 3.63) is 18.0 Å². The Balaban J connectivity index is 1.73. The number of hydrogen-bond donors (Lipinski definition) is 1. The van der Waals surface area contributed by atoms with E-state index in [2.05, 4.69) is 28.0 Å². The molecule has 1 aliphatic heterocycles. The maximum absolute atomic E-state index is 10.7. The molecule has 1 aliphatic rings. The van der Waals surface area contributed by atoms with Gasteiger partial charge in [-0.05, 0) is 65.4 Å². The highest BCUT2D eigenvalue weighted by Crippen LogP contribution is 2.23. The molecule has 1 N–H and O–H groups in total. The van der Waals surface area contributed by atoms with Gasteiger partial charge in [0.2, 0.25) is 0 Å². The van der Waals surface area contributed by atoms with E-state index in [0.29, 0.717) is 0 Å². The van der Waals surface area contributed by atoms with Gasteiger partial charge in [0.15, 0.2) is 0 Å². The van der Waals surface area contributed by atoms with Crippen LogP contribution in [0.4, 0.5) is 0 Å². The third-order valence-electron chi connectivity index (χ3n) is 4.24. The molecule has 5 heteroatoms. The van der Waals surface area contributed by atoms with Crippen LogP contribution in [0.2, 0.25) is 0 Å². The molecule has 1 saturated heterocycles. The molecule has 0 bridgehead atoms. The monoisotopic (exact) mass is 294 g/mol. The number of aryl methyl sites for hydroxylation is 2. The van der Waals surface area contributed by atoms with Gasteiger partial charge in [-0.1, -0.05) is 0 Å². The maximum Gasteiger partial charge on any atom is 0.0786 e. The second kappa shape index (κ2) is 7.38. The largest absolute Gasteiger partial charge is 0.389 e. The van der Waals surface area contributed by atoms with Crippen LogP contribution in [-0.2, 0) is 6.54 Å². The Kier molecular flexibility index (Phi) is 5.79. The molecule has 0 radical (unpaired) electrons. The minimum absolute atomic E-state index is 0.503. The summed E-state index contributed by atoms with van der Waals surface area (Å²) < 4.78 is 2.02. The highest BCUT2D eigenvalue weighted by molar-refractivity contribution is 4.99. The van der Waals surface area contributed by atoms with Crippen LogP contribution in [0.5, 0.6) is 0 Å². The van der Waals surface area contributed by atoms with Crippen LogP contribution in [0.1, 0.15) is 31.2 Å². The first-order chi connectivity index (χ1) is 9.97. The van der Waals surface area contributed by atoms with E-state index < -0.39 is 5.60 Å². The summed E-state index contributed by atoms with van der Waals surface area (Å²) in [6.45, 7) is 7.02. The van der Waals surface area contributed by atoms with E-state index in [9.17, 15) is 5.11 Å². The average molecular weight is 294 g/mol. The third kappa shape index (κ3) is 5.41. The van der Waals surface area contributed by atoms with E-state index in [0.717, 1.165) is 58.4 Å². The topological polar surface area (TPSA) is 44.5 Å². The van der Waals surface area contributed by atoms with Gasteiger partial charge in [0.25, 0.3) is 0 Å². The summed E-state index contributed by atoms with van der Waals surface area (Å²) in [5, 5.41) is 15.0. The van der Waals surface area contributed by atoms with Crippen molar-refractivity contribution in [1.82, 2.24) is 19.6 Å². The Labute approximate surface area is 128 Å². The number of rotatable bonds is 6. The molecule has 0 aromatic carbocycles. The van der Waals surface area contributed by atoms with Crippen molar-refractivity contribution >= 4 is 0 Å². The van der Waals surface area contributed by atoms with Gasteiger partial charge in [-0.3, -0.25) is 4.68 Å². The molecule has 0 aliphatic carbocycles. The fourth-order valence-electron chi connectivity index (χ4n) is 3.25. The molecule has 1 fully saturated rings. The van der Waals surface area contributed by atoms with E-state index in [-0.39, 0.29) is 0 Å². The van der Waals surface area contributed by atoms with Gasteiger partial charge in [-0.25, -0.2) is 0 Å². The number of likely N-dealkylation sites (tertiary alicyclic amines) is 1. The molecule has 2 heterocycles. The number of aliphatic hydroxyl groups is 1. The van der Waals surface area contributed by atoms with Gasteiger partial charge in [0.1, 0.15) is 0 Å². The molecule has 0 amide bonds. The lowest BCUT2D eigenvalue weighted by Crippen LogP contribution is -2.41. The molecule has 1 aromatic rings. The van der Waals surface area contributed by atoms with Crippen molar-refractivity contribution < 1.29 is 5.11 Å². The fourth-order valence-corrected chi connectivity index (χ4v) is 3.25. The van der Waals surface area contributed by atoms with Gasteiger partial charge in [0.05, 0.1) is 11.8 Å². The Morgan fingerprint density at radius 3 is 2.76 bits per heavy atom. The van der Waals surface area contributed by atoms with E-state index in [1.807, 2.05) is 25.0 Å². The van der Waals surface area contributed by atoms with Crippen LogP contribution in [0, 0.1) is 6.92 Å². The van der Waals surface area contributed by atoms with Crippen LogP contribution in [0.3, 0.4) is 0 Å². The van der Waals surface area contributed by atoms with Crippen LogP contribution in [0.25, 0.3) is 0 Å². The van der Waals surface area contributed by atoms with Gasteiger partial charge in [-0.15, -0.1) is 0 Å². The Morgan fingerprint density at radius 2 is 2.10 bits per heavy atom. The molecule has 120 valence electrons. The van der Waals surface area contributed by atoms with Crippen molar-refractivity contribution in [2.45, 2.75) is 44.8 Å². The summed E-state index contributed by atoms with van der Waals surface area (Å²) in [5.41, 5.74) is 0.718. The van der Waals surface area contributed by atoms with Crippen molar-refractivity contribution in [2.24, 2.45) is 0 Å². The SMILES string of the molecule is Cc1cnn(CCCN2CCCC(O)(CN(C)C)CC2)c1. The minimum atomic E-state index is -0.503.